The quantitative estimate of drug-likeness (QED) is 0.654. The Kier molecular flexibility index (Phi) is 5.77. The Labute approximate surface area is 140 Å². The van der Waals surface area contributed by atoms with Crippen LogP contribution in [-0.4, -0.2) is 35.0 Å². The molecule has 1 saturated carbocycles. The van der Waals surface area contributed by atoms with Crippen LogP contribution in [0.4, 0.5) is 13.2 Å². The van der Waals surface area contributed by atoms with Crippen LogP contribution in [0.25, 0.3) is 0 Å². The number of aliphatic imine (C=N–C) groups is 1. The first-order chi connectivity index (χ1) is 11.2. The van der Waals surface area contributed by atoms with E-state index in [1.54, 1.807) is 7.05 Å². The van der Waals surface area contributed by atoms with E-state index in [2.05, 4.69) is 20.7 Å². The van der Waals surface area contributed by atoms with Crippen molar-refractivity contribution in [2.24, 2.45) is 18.0 Å². The lowest BCUT2D eigenvalue weighted by atomic mass is 9.85. The van der Waals surface area contributed by atoms with Crippen LogP contribution in [0.15, 0.2) is 4.99 Å². The summed E-state index contributed by atoms with van der Waals surface area (Å²) in [6.45, 7) is 4.55. The van der Waals surface area contributed by atoms with Gasteiger partial charge in [-0.25, -0.2) is 0 Å². The normalized spacial score (nSPS) is 22.5. The Balaban J connectivity index is 1.85. The van der Waals surface area contributed by atoms with Crippen molar-refractivity contribution < 1.29 is 13.2 Å². The van der Waals surface area contributed by atoms with Gasteiger partial charge in [-0.3, -0.25) is 9.67 Å². The summed E-state index contributed by atoms with van der Waals surface area (Å²) in [5.74, 6) is -0.542. The molecule has 2 rings (SSSR count). The summed E-state index contributed by atoms with van der Waals surface area (Å²) >= 11 is 0. The van der Waals surface area contributed by atoms with E-state index >= 15 is 0 Å². The smallest absolute Gasteiger partial charge is 0.354 e. The molecule has 1 aromatic rings. The van der Waals surface area contributed by atoms with Gasteiger partial charge in [0.25, 0.3) is 0 Å². The molecule has 24 heavy (non-hydrogen) atoms. The van der Waals surface area contributed by atoms with Crippen molar-refractivity contribution in [1.82, 2.24) is 20.4 Å². The fourth-order valence-electron chi connectivity index (χ4n) is 3.20. The molecule has 1 heterocycles. The summed E-state index contributed by atoms with van der Waals surface area (Å²) in [6.07, 6.45) is -2.69. The van der Waals surface area contributed by atoms with E-state index < -0.39 is 12.1 Å². The molecule has 0 aromatic carbocycles. The number of guanidine groups is 1. The van der Waals surface area contributed by atoms with Crippen molar-refractivity contribution in [1.29, 1.82) is 0 Å². The number of aryl methyl sites for hydroxylation is 2. The number of aromatic nitrogens is 2. The van der Waals surface area contributed by atoms with E-state index in [4.69, 9.17) is 0 Å². The standard InChI is InChI=1S/C16H26F3N5/c1-10-14(11(2)24(4)23-10)9-21-15(20-3)22-13-7-5-12(6-8-13)16(17,18)19/h12-13H,5-9H2,1-4H3,(H2,20,21,22). The number of nitrogens with one attached hydrogen (secondary N) is 2. The lowest BCUT2D eigenvalue weighted by Gasteiger charge is -2.31. The molecule has 136 valence electrons. The summed E-state index contributed by atoms with van der Waals surface area (Å²) in [6, 6.07) is 0.0332. The summed E-state index contributed by atoms with van der Waals surface area (Å²) in [4.78, 5) is 4.18. The number of alkyl halides is 3. The number of nitrogens with zero attached hydrogens (tertiary/aromatic N) is 3. The van der Waals surface area contributed by atoms with Gasteiger partial charge in [-0.15, -0.1) is 0 Å². The molecule has 0 saturated heterocycles. The lowest BCUT2D eigenvalue weighted by molar-refractivity contribution is -0.182. The minimum Gasteiger partial charge on any atom is -0.354 e. The van der Waals surface area contributed by atoms with E-state index in [9.17, 15) is 13.2 Å². The number of rotatable bonds is 3. The third kappa shape index (κ3) is 4.42. The zero-order chi connectivity index (χ0) is 17.9. The number of hydrogen-bond acceptors (Lipinski definition) is 2. The van der Waals surface area contributed by atoms with E-state index in [0.717, 1.165) is 17.0 Å². The highest BCUT2D eigenvalue weighted by atomic mass is 19.4. The average molecular weight is 345 g/mol. The highest BCUT2D eigenvalue weighted by Gasteiger charge is 2.41. The molecule has 2 N–H and O–H groups in total. The zero-order valence-corrected chi connectivity index (χ0v) is 14.7. The van der Waals surface area contributed by atoms with Crippen molar-refractivity contribution in [3.63, 3.8) is 0 Å². The average Bonchev–Trinajstić information content (AvgIpc) is 2.76. The molecule has 0 bridgehead atoms. The maximum atomic E-state index is 12.7. The molecular formula is C16H26F3N5. The Bertz CT molecular complexity index is 583. The first-order valence-corrected chi connectivity index (χ1v) is 8.25. The number of halogens is 3. The molecule has 0 aliphatic heterocycles. The summed E-state index contributed by atoms with van der Waals surface area (Å²) in [7, 11) is 3.57. The second kappa shape index (κ2) is 7.44. The first kappa shape index (κ1) is 18.6. The second-order valence-electron chi connectivity index (χ2n) is 6.43. The molecule has 0 radical (unpaired) electrons. The van der Waals surface area contributed by atoms with Gasteiger partial charge in [-0.05, 0) is 39.5 Å². The van der Waals surface area contributed by atoms with E-state index in [1.807, 2.05) is 25.6 Å². The van der Waals surface area contributed by atoms with E-state index in [-0.39, 0.29) is 18.9 Å². The van der Waals surface area contributed by atoms with Crippen LogP contribution >= 0.6 is 0 Å². The first-order valence-electron chi connectivity index (χ1n) is 8.25. The molecule has 1 aromatic heterocycles. The molecule has 8 heteroatoms. The highest BCUT2D eigenvalue weighted by molar-refractivity contribution is 5.80. The van der Waals surface area contributed by atoms with Gasteiger partial charge in [-0.1, -0.05) is 0 Å². The topological polar surface area (TPSA) is 54.2 Å². The fourth-order valence-corrected chi connectivity index (χ4v) is 3.20. The maximum Gasteiger partial charge on any atom is 0.391 e. The third-order valence-electron chi connectivity index (χ3n) is 4.85. The highest BCUT2D eigenvalue weighted by Crippen LogP contribution is 2.37. The lowest BCUT2D eigenvalue weighted by Crippen LogP contribution is -2.45. The molecule has 0 amide bonds. The molecule has 5 nitrogen and oxygen atoms in total. The number of hydrogen-bond donors (Lipinski definition) is 2. The van der Waals surface area contributed by atoms with Gasteiger partial charge >= 0.3 is 6.18 Å². The molecule has 1 fully saturated rings. The Morgan fingerprint density at radius 1 is 1.25 bits per heavy atom. The molecule has 0 spiro atoms. The minimum absolute atomic E-state index is 0.0332. The van der Waals surface area contributed by atoms with Gasteiger partial charge in [-0.2, -0.15) is 18.3 Å². The van der Waals surface area contributed by atoms with Gasteiger partial charge in [0.2, 0.25) is 0 Å². The monoisotopic (exact) mass is 345 g/mol. The van der Waals surface area contributed by atoms with Gasteiger partial charge < -0.3 is 10.6 Å². The third-order valence-corrected chi connectivity index (χ3v) is 4.85. The van der Waals surface area contributed by atoms with Crippen LogP contribution < -0.4 is 10.6 Å². The summed E-state index contributed by atoms with van der Waals surface area (Å²) in [5.41, 5.74) is 3.16. The zero-order valence-electron chi connectivity index (χ0n) is 14.7. The maximum absolute atomic E-state index is 12.7. The predicted octanol–water partition coefficient (Wildman–Crippen LogP) is 2.82. The largest absolute Gasteiger partial charge is 0.391 e. The molecule has 1 aliphatic carbocycles. The van der Waals surface area contributed by atoms with Crippen LogP contribution in [-0.2, 0) is 13.6 Å². The van der Waals surface area contributed by atoms with Gasteiger partial charge in [0, 0.05) is 37.9 Å². The fraction of sp³-hybridized carbons (Fsp3) is 0.750. The second-order valence-corrected chi connectivity index (χ2v) is 6.43. The summed E-state index contributed by atoms with van der Waals surface area (Å²) < 4.78 is 40.0. The van der Waals surface area contributed by atoms with E-state index in [0.29, 0.717) is 25.3 Å². The van der Waals surface area contributed by atoms with Crippen LogP contribution in [0.2, 0.25) is 0 Å². The Morgan fingerprint density at radius 3 is 2.33 bits per heavy atom. The predicted molar refractivity (Wildman–Crippen MR) is 87.8 cm³/mol. The molecular weight excluding hydrogens is 319 g/mol. The molecule has 0 unspecified atom stereocenters. The van der Waals surface area contributed by atoms with Crippen molar-refractivity contribution in [3.8, 4) is 0 Å². The van der Waals surface area contributed by atoms with Crippen molar-refractivity contribution in [2.45, 2.75) is 58.3 Å². The van der Waals surface area contributed by atoms with E-state index in [1.165, 1.54) is 0 Å². The van der Waals surface area contributed by atoms with Crippen LogP contribution in [0.5, 0.6) is 0 Å². The van der Waals surface area contributed by atoms with Crippen LogP contribution in [0.1, 0.15) is 42.6 Å². The van der Waals surface area contributed by atoms with Crippen molar-refractivity contribution in [3.05, 3.63) is 17.0 Å². The van der Waals surface area contributed by atoms with Crippen LogP contribution in [0.3, 0.4) is 0 Å². The Morgan fingerprint density at radius 2 is 1.88 bits per heavy atom. The van der Waals surface area contributed by atoms with Crippen LogP contribution in [0, 0.1) is 19.8 Å². The molecule has 1 aliphatic rings. The van der Waals surface area contributed by atoms with Gasteiger partial charge in [0.05, 0.1) is 11.6 Å². The summed E-state index contributed by atoms with van der Waals surface area (Å²) in [5, 5.41) is 10.8. The van der Waals surface area contributed by atoms with Crippen molar-refractivity contribution in [2.75, 3.05) is 7.05 Å². The Hall–Kier alpha value is -1.73. The van der Waals surface area contributed by atoms with Gasteiger partial charge in [0.15, 0.2) is 5.96 Å². The van der Waals surface area contributed by atoms with Crippen molar-refractivity contribution >= 4 is 5.96 Å². The minimum atomic E-state index is -4.07. The molecule has 0 atom stereocenters. The van der Waals surface area contributed by atoms with Gasteiger partial charge in [0.1, 0.15) is 0 Å². The SMILES string of the molecule is CN=C(NCc1c(C)nn(C)c1C)NC1CCC(C(F)(F)F)CC1.